The van der Waals surface area contributed by atoms with E-state index in [2.05, 4.69) is 72.6 Å². The van der Waals surface area contributed by atoms with E-state index in [1.54, 1.807) is 11.3 Å². The minimum Gasteiger partial charge on any atom is -0.353 e. The van der Waals surface area contributed by atoms with Crippen molar-refractivity contribution in [3.05, 3.63) is 51.0 Å². The van der Waals surface area contributed by atoms with Gasteiger partial charge in [-0.2, -0.15) is 0 Å². The maximum atomic E-state index is 4.57. The van der Waals surface area contributed by atoms with E-state index in [-0.39, 0.29) is 0 Å². The van der Waals surface area contributed by atoms with E-state index in [4.69, 9.17) is 0 Å². The van der Waals surface area contributed by atoms with Gasteiger partial charge < -0.3 is 10.6 Å². The van der Waals surface area contributed by atoms with Gasteiger partial charge in [-0.05, 0) is 37.3 Å². The second kappa shape index (κ2) is 7.56. The molecule has 1 heterocycles. The smallest absolute Gasteiger partial charge is 0.191 e. The van der Waals surface area contributed by atoms with Gasteiger partial charge >= 0.3 is 0 Å². The van der Waals surface area contributed by atoms with E-state index in [0.717, 1.165) is 29.6 Å². The van der Waals surface area contributed by atoms with E-state index in [0.29, 0.717) is 17.9 Å². The van der Waals surface area contributed by atoms with Gasteiger partial charge in [0.2, 0.25) is 0 Å². The fourth-order valence-corrected chi connectivity index (χ4v) is 3.87. The largest absolute Gasteiger partial charge is 0.353 e. The molecule has 4 nitrogen and oxygen atoms in total. The molecule has 0 saturated heterocycles. The van der Waals surface area contributed by atoms with E-state index < -0.39 is 0 Å². The third-order valence-corrected chi connectivity index (χ3v) is 5.92. The van der Waals surface area contributed by atoms with Crippen molar-refractivity contribution < 1.29 is 0 Å². The van der Waals surface area contributed by atoms with Crippen LogP contribution in [0.25, 0.3) is 0 Å². The number of rotatable bonds is 5. The van der Waals surface area contributed by atoms with Crippen molar-refractivity contribution in [1.29, 1.82) is 0 Å². The molecule has 2 atom stereocenters. The Hall–Kier alpha value is -1.88. The summed E-state index contributed by atoms with van der Waals surface area (Å²) in [6.45, 7) is 9.36. The maximum Gasteiger partial charge on any atom is 0.191 e. The highest BCUT2D eigenvalue weighted by molar-refractivity contribution is 7.11. The van der Waals surface area contributed by atoms with Crippen LogP contribution < -0.4 is 10.6 Å². The van der Waals surface area contributed by atoms with Gasteiger partial charge in [0.25, 0.3) is 0 Å². The Kier molecular flexibility index (Phi) is 5.42. The highest BCUT2D eigenvalue weighted by Crippen LogP contribution is 2.41. The number of nitrogens with zero attached hydrogens (tertiary/aromatic N) is 2. The molecule has 0 radical (unpaired) electrons. The Morgan fingerprint density at radius 3 is 2.56 bits per heavy atom. The molecule has 0 bridgehead atoms. The quantitative estimate of drug-likeness (QED) is 0.626. The van der Waals surface area contributed by atoms with Crippen molar-refractivity contribution in [3.63, 3.8) is 0 Å². The molecule has 3 rings (SSSR count). The zero-order valence-corrected chi connectivity index (χ0v) is 16.6. The minimum atomic E-state index is 0.468. The molecule has 5 heteroatoms. The predicted molar refractivity (Wildman–Crippen MR) is 107 cm³/mol. The molecule has 1 fully saturated rings. The number of nitrogens with one attached hydrogen (secondary N) is 2. The van der Waals surface area contributed by atoms with Crippen LogP contribution in [0.2, 0.25) is 0 Å². The monoisotopic (exact) mass is 356 g/mol. The van der Waals surface area contributed by atoms with Gasteiger partial charge in [-0.1, -0.05) is 38.1 Å². The molecule has 1 aliphatic carbocycles. The molecule has 2 unspecified atom stereocenters. The number of benzene rings is 1. The number of guanidine groups is 1. The molecule has 134 valence electrons. The molecular formula is C20H28N4S. The van der Waals surface area contributed by atoms with Crippen molar-refractivity contribution in [1.82, 2.24) is 15.6 Å². The first-order valence-electron chi connectivity index (χ1n) is 8.98. The molecule has 1 aromatic carbocycles. The summed E-state index contributed by atoms with van der Waals surface area (Å²) in [5, 5.41) is 8.02. The van der Waals surface area contributed by atoms with Crippen LogP contribution in [0, 0.1) is 13.8 Å². The Bertz CT molecular complexity index is 726. The van der Waals surface area contributed by atoms with Gasteiger partial charge in [0.05, 0.1) is 12.2 Å². The van der Waals surface area contributed by atoms with Crippen LogP contribution in [-0.4, -0.2) is 24.0 Å². The predicted octanol–water partition coefficient (Wildman–Crippen LogP) is 4.10. The lowest BCUT2D eigenvalue weighted by molar-refractivity contribution is 0.785. The first-order valence-corrected chi connectivity index (χ1v) is 9.79. The van der Waals surface area contributed by atoms with Crippen LogP contribution in [0.3, 0.4) is 0 Å². The summed E-state index contributed by atoms with van der Waals surface area (Å²) in [6, 6.07) is 9.54. The SMILES string of the molecule is CN=C(NCc1nc(C)c(C)s1)NC1CC1c1ccc(C(C)C)cc1. The summed E-state index contributed by atoms with van der Waals surface area (Å²) in [5.41, 5.74) is 3.95. The van der Waals surface area contributed by atoms with Crippen LogP contribution in [-0.2, 0) is 6.54 Å². The van der Waals surface area contributed by atoms with Gasteiger partial charge in [-0.3, -0.25) is 4.99 Å². The second-order valence-electron chi connectivity index (χ2n) is 7.09. The van der Waals surface area contributed by atoms with Crippen molar-refractivity contribution in [2.45, 2.75) is 58.5 Å². The summed E-state index contributed by atoms with van der Waals surface area (Å²) in [6.07, 6.45) is 1.16. The molecule has 1 aliphatic rings. The van der Waals surface area contributed by atoms with Crippen molar-refractivity contribution >= 4 is 17.3 Å². The van der Waals surface area contributed by atoms with Crippen molar-refractivity contribution in [3.8, 4) is 0 Å². The highest BCUT2D eigenvalue weighted by Gasteiger charge is 2.38. The summed E-state index contributed by atoms with van der Waals surface area (Å²) >= 11 is 1.75. The van der Waals surface area contributed by atoms with Crippen LogP contribution in [0.4, 0.5) is 0 Å². The Balaban J connectivity index is 1.51. The van der Waals surface area contributed by atoms with Crippen molar-refractivity contribution in [2.75, 3.05) is 7.05 Å². The molecule has 0 spiro atoms. The average molecular weight is 357 g/mol. The third-order valence-electron chi connectivity index (χ3n) is 4.85. The van der Waals surface area contributed by atoms with Gasteiger partial charge in [-0.25, -0.2) is 4.98 Å². The fourth-order valence-electron chi connectivity index (χ4n) is 3.00. The second-order valence-corrected chi connectivity index (χ2v) is 8.38. The van der Waals surface area contributed by atoms with Crippen LogP contribution in [0.1, 0.15) is 58.8 Å². The summed E-state index contributed by atoms with van der Waals surface area (Å²) < 4.78 is 0. The minimum absolute atomic E-state index is 0.468. The molecule has 0 aliphatic heterocycles. The van der Waals surface area contributed by atoms with Crippen LogP contribution in [0.15, 0.2) is 29.3 Å². The number of aryl methyl sites for hydroxylation is 2. The van der Waals surface area contributed by atoms with Gasteiger partial charge in [0.15, 0.2) is 5.96 Å². The zero-order chi connectivity index (χ0) is 18.0. The molecule has 0 amide bonds. The topological polar surface area (TPSA) is 49.3 Å². The fraction of sp³-hybridized carbons (Fsp3) is 0.500. The van der Waals surface area contributed by atoms with Gasteiger partial charge in [-0.15, -0.1) is 11.3 Å². The van der Waals surface area contributed by atoms with Crippen molar-refractivity contribution in [2.24, 2.45) is 4.99 Å². The normalized spacial score (nSPS) is 20.0. The van der Waals surface area contributed by atoms with Crippen LogP contribution in [0.5, 0.6) is 0 Å². The average Bonchev–Trinajstić information content (AvgIpc) is 3.29. The highest BCUT2D eigenvalue weighted by atomic mass is 32.1. The molecule has 2 N–H and O–H groups in total. The molecule has 1 aromatic heterocycles. The number of aromatic nitrogens is 1. The Morgan fingerprint density at radius 2 is 2.00 bits per heavy atom. The lowest BCUT2D eigenvalue weighted by Crippen LogP contribution is -2.38. The number of thiazole rings is 1. The summed E-state index contributed by atoms with van der Waals surface area (Å²) in [4.78, 5) is 10.2. The number of aliphatic imine (C=N–C) groups is 1. The third kappa shape index (κ3) is 4.40. The first-order chi connectivity index (χ1) is 12.0. The lowest BCUT2D eigenvalue weighted by atomic mass is 10.0. The Labute approximate surface area is 154 Å². The van der Waals surface area contributed by atoms with E-state index in [1.165, 1.54) is 16.0 Å². The van der Waals surface area contributed by atoms with E-state index in [9.17, 15) is 0 Å². The first kappa shape index (κ1) is 17.9. The lowest BCUT2D eigenvalue weighted by Gasteiger charge is -2.11. The summed E-state index contributed by atoms with van der Waals surface area (Å²) in [5.74, 6) is 2.03. The van der Waals surface area contributed by atoms with Crippen LogP contribution >= 0.6 is 11.3 Å². The standard InChI is InChI=1S/C20H28N4S/c1-12(2)15-6-8-16(9-7-15)17-10-18(17)24-20(21-5)22-11-19-23-13(3)14(4)25-19/h6-9,12,17-18H,10-11H2,1-5H3,(H2,21,22,24). The molecule has 1 saturated carbocycles. The Morgan fingerprint density at radius 1 is 1.28 bits per heavy atom. The van der Waals surface area contributed by atoms with E-state index in [1.807, 2.05) is 7.05 Å². The number of hydrogen-bond acceptors (Lipinski definition) is 3. The number of hydrogen-bond donors (Lipinski definition) is 2. The van der Waals surface area contributed by atoms with Gasteiger partial charge in [0.1, 0.15) is 5.01 Å². The maximum absolute atomic E-state index is 4.57. The zero-order valence-electron chi connectivity index (χ0n) is 15.8. The van der Waals surface area contributed by atoms with Gasteiger partial charge in [0, 0.05) is 23.9 Å². The molecular weight excluding hydrogens is 328 g/mol. The molecule has 2 aromatic rings. The summed E-state index contributed by atoms with van der Waals surface area (Å²) in [7, 11) is 1.82. The molecule has 25 heavy (non-hydrogen) atoms. The van der Waals surface area contributed by atoms with E-state index >= 15 is 0 Å².